The Morgan fingerprint density at radius 3 is 2.21 bits per heavy atom. The van der Waals surface area contributed by atoms with Crippen molar-refractivity contribution >= 4 is 23.3 Å². The van der Waals surface area contributed by atoms with E-state index in [1.807, 2.05) is 0 Å². The van der Waals surface area contributed by atoms with Crippen LogP contribution < -0.4 is 0 Å². The van der Waals surface area contributed by atoms with E-state index in [1.54, 1.807) is 0 Å². The molecule has 1 aromatic rings. The molecule has 0 aliphatic carbocycles. The molecule has 0 aliphatic rings. The van der Waals surface area contributed by atoms with E-state index in [0.29, 0.717) is 25.4 Å². The minimum absolute atomic E-state index is 0.327. The second-order valence-electron chi connectivity index (χ2n) is 6.16. The van der Waals surface area contributed by atoms with Gasteiger partial charge in [-0.3, -0.25) is 0 Å². The summed E-state index contributed by atoms with van der Waals surface area (Å²) in [5, 5.41) is 0. The van der Waals surface area contributed by atoms with Gasteiger partial charge in [0, 0.05) is 0 Å². The Morgan fingerprint density at radius 1 is 1.21 bits per heavy atom. The fraction of sp³-hybridized carbons (Fsp3) is 0.625. The molecule has 2 atom stereocenters. The summed E-state index contributed by atoms with van der Waals surface area (Å²) in [4.78, 5) is 0. The average molecular weight is 343 g/mol. The van der Waals surface area contributed by atoms with Crippen molar-refractivity contribution < 1.29 is 4.43 Å². The van der Waals surface area contributed by atoms with Gasteiger partial charge in [0.05, 0.1) is 0 Å². The van der Waals surface area contributed by atoms with E-state index in [2.05, 4.69) is 69.6 Å². The number of hydrogen-bond donors (Lipinski definition) is 0. The summed E-state index contributed by atoms with van der Waals surface area (Å²) in [6.45, 7) is 11.4. The molecule has 0 aliphatic heterocycles. The molecule has 1 rings (SSSR count). The first-order chi connectivity index (χ1) is 8.83. The van der Waals surface area contributed by atoms with Gasteiger partial charge in [0.25, 0.3) is 0 Å². The summed E-state index contributed by atoms with van der Waals surface area (Å²) in [6.07, 6.45) is 2.70. The summed E-state index contributed by atoms with van der Waals surface area (Å²) in [5.41, 5.74) is 1.49. The Hall–Kier alpha value is -0.0836. The van der Waals surface area contributed by atoms with Crippen LogP contribution in [-0.2, 0) is 8.74 Å². The molecule has 108 valence electrons. The molecule has 0 radical (unpaired) electrons. The van der Waals surface area contributed by atoms with Crippen molar-refractivity contribution in [3.63, 3.8) is 0 Å². The van der Waals surface area contributed by atoms with Gasteiger partial charge in [-0.05, 0) is 0 Å². The zero-order valence-corrected chi connectivity index (χ0v) is 15.9. The van der Waals surface area contributed by atoms with E-state index in [0.717, 1.165) is 6.42 Å². The van der Waals surface area contributed by atoms with Crippen LogP contribution in [0.25, 0.3) is 0 Å². The minimum atomic E-state index is -1.44. The summed E-state index contributed by atoms with van der Waals surface area (Å²) < 4.78 is 6.59. The quantitative estimate of drug-likeness (QED) is 0.654. The number of benzene rings is 1. The zero-order chi connectivity index (χ0) is 14.5. The molecule has 0 saturated carbocycles. The molecule has 0 fully saturated rings. The van der Waals surface area contributed by atoms with Crippen molar-refractivity contribution in [1.29, 1.82) is 0 Å². The van der Waals surface area contributed by atoms with E-state index < -0.39 is 8.32 Å². The third kappa shape index (κ3) is 5.07. The van der Waals surface area contributed by atoms with Gasteiger partial charge in [0.2, 0.25) is 0 Å². The Bertz CT molecular complexity index is 368. The van der Waals surface area contributed by atoms with Crippen LogP contribution in [0.5, 0.6) is 0 Å². The molecular formula is C16H28OSeSi. The van der Waals surface area contributed by atoms with E-state index in [9.17, 15) is 0 Å². The van der Waals surface area contributed by atoms with Crippen LogP contribution in [0.3, 0.4) is 0 Å². The second-order valence-corrected chi connectivity index (χ2v) is 13.1. The van der Waals surface area contributed by atoms with E-state index >= 15 is 0 Å². The maximum atomic E-state index is 6.27. The fourth-order valence-electron chi connectivity index (χ4n) is 2.66. The van der Waals surface area contributed by atoms with Crippen LogP contribution in [0.4, 0.5) is 0 Å². The monoisotopic (exact) mass is 344 g/mol. The molecule has 0 bridgehead atoms. The van der Waals surface area contributed by atoms with Crippen molar-refractivity contribution in [2.24, 2.45) is 0 Å². The first-order valence-corrected chi connectivity index (χ1v) is 13.1. The second kappa shape index (κ2) is 7.08. The van der Waals surface area contributed by atoms with Crippen molar-refractivity contribution in [2.75, 3.05) is 0 Å². The van der Waals surface area contributed by atoms with E-state index in [1.165, 1.54) is 12.0 Å². The van der Waals surface area contributed by atoms with Crippen molar-refractivity contribution in [1.82, 2.24) is 0 Å². The molecule has 1 aromatic carbocycles. The molecule has 0 heterocycles. The third-order valence-corrected chi connectivity index (χ3v) is 7.63. The van der Waals surface area contributed by atoms with Gasteiger partial charge in [-0.2, -0.15) is 0 Å². The normalized spacial score (nSPS) is 16.9. The first kappa shape index (κ1) is 17.0. The molecule has 0 aromatic heterocycles. The standard InChI is InChI=1S/C16H28OSeSi/c1-7-16(18-3,15-11-9-8-10-12-15)13-14(2)17-19(4,5)6/h8-12,14H,7,13H2,1-6H3/t14-,16+/m0/s1. The van der Waals surface area contributed by atoms with E-state index in [4.69, 9.17) is 4.43 Å². The topological polar surface area (TPSA) is 9.23 Å². The molecule has 1 nitrogen and oxygen atoms in total. The molecule has 19 heavy (non-hydrogen) atoms. The van der Waals surface area contributed by atoms with Crippen LogP contribution >= 0.6 is 0 Å². The molecule has 0 N–H and O–H groups in total. The predicted octanol–water partition coefficient (Wildman–Crippen LogP) is 4.67. The molecule has 3 heteroatoms. The SMILES string of the molecule is CC[C@](C[C@H](C)O[Si](C)(C)C)([Se]C)c1ccccc1. The van der Waals surface area contributed by atoms with Gasteiger partial charge in [-0.25, -0.2) is 0 Å². The Balaban J connectivity index is 2.89. The molecule has 0 spiro atoms. The summed E-state index contributed by atoms with van der Waals surface area (Å²) in [6, 6.07) is 11.0. The zero-order valence-electron chi connectivity index (χ0n) is 13.2. The maximum absolute atomic E-state index is 6.27. The van der Waals surface area contributed by atoms with Gasteiger partial charge in [-0.1, -0.05) is 0 Å². The van der Waals surface area contributed by atoms with E-state index in [-0.39, 0.29) is 0 Å². The molecule has 0 amide bonds. The number of hydrogen-bond acceptors (Lipinski definition) is 1. The summed E-state index contributed by atoms with van der Waals surface area (Å²) in [5.74, 6) is 2.37. The van der Waals surface area contributed by atoms with Crippen LogP contribution in [0, 0.1) is 0 Å². The van der Waals surface area contributed by atoms with Gasteiger partial charge in [0.15, 0.2) is 0 Å². The van der Waals surface area contributed by atoms with Gasteiger partial charge < -0.3 is 0 Å². The molecular weight excluding hydrogens is 315 g/mol. The Labute approximate surface area is 126 Å². The van der Waals surface area contributed by atoms with Crippen molar-refractivity contribution in [2.45, 2.75) is 62.6 Å². The fourth-order valence-corrected chi connectivity index (χ4v) is 6.18. The summed E-state index contributed by atoms with van der Waals surface area (Å²) in [7, 11) is -1.44. The first-order valence-electron chi connectivity index (χ1n) is 7.11. The van der Waals surface area contributed by atoms with Crippen molar-refractivity contribution in [3.05, 3.63) is 35.9 Å². The van der Waals surface area contributed by atoms with Crippen LogP contribution in [0.1, 0.15) is 32.3 Å². The third-order valence-electron chi connectivity index (χ3n) is 3.43. The van der Waals surface area contributed by atoms with Gasteiger partial charge in [0.1, 0.15) is 0 Å². The summed E-state index contributed by atoms with van der Waals surface area (Å²) >= 11 is 0.583. The van der Waals surface area contributed by atoms with Gasteiger partial charge in [-0.15, -0.1) is 0 Å². The Kier molecular flexibility index (Phi) is 6.32. The van der Waals surface area contributed by atoms with Crippen LogP contribution in [0.15, 0.2) is 30.3 Å². The number of rotatable bonds is 7. The predicted molar refractivity (Wildman–Crippen MR) is 88.5 cm³/mol. The van der Waals surface area contributed by atoms with Gasteiger partial charge >= 0.3 is 126 Å². The van der Waals surface area contributed by atoms with Crippen LogP contribution in [-0.4, -0.2) is 29.4 Å². The average Bonchev–Trinajstić information content (AvgIpc) is 2.35. The molecule has 0 saturated heterocycles. The van der Waals surface area contributed by atoms with Crippen LogP contribution in [0.2, 0.25) is 25.5 Å². The Morgan fingerprint density at radius 2 is 1.79 bits per heavy atom. The van der Waals surface area contributed by atoms with Crippen molar-refractivity contribution in [3.8, 4) is 0 Å². The molecule has 0 unspecified atom stereocenters.